The van der Waals surface area contributed by atoms with Crippen molar-refractivity contribution in [3.05, 3.63) is 62.2 Å². The summed E-state index contributed by atoms with van der Waals surface area (Å²) in [5.41, 5.74) is 0.145. The van der Waals surface area contributed by atoms with Gasteiger partial charge < -0.3 is 0 Å². The topological polar surface area (TPSA) is 34.9 Å². The summed E-state index contributed by atoms with van der Waals surface area (Å²) in [6.07, 6.45) is 0. The molecule has 1 aromatic carbocycles. The minimum absolute atomic E-state index is 0.122. The van der Waals surface area contributed by atoms with E-state index in [-0.39, 0.29) is 5.56 Å². The van der Waals surface area contributed by atoms with Gasteiger partial charge in [0, 0.05) is 11.3 Å². The zero-order valence-electron chi connectivity index (χ0n) is 11.0. The molecule has 0 saturated carbocycles. The van der Waals surface area contributed by atoms with Gasteiger partial charge in [-0.15, -0.1) is 0 Å². The van der Waals surface area contributed by atoms with Crippen LogP contribution in [-0.2, 0) is 12.5 Å². The first-order valence-electron chi connectivity index (χ1n) is 6.00. The van der Waals surface area contributed by atoms with Crippen LogP contribution in [0.25, 0.3) is 0 Å². The molecule has 2 rings (SSSR count). The third-order valence-electron chi connectivity index (χ3n) is 3.09. The molecule has 2 aromatic rings. The van der Waals surface area contributed by atoms with Gasteiger partial charge in [0.25, 0.3) is 5.92 Å². The fraction of sp³-hybridized carbons (Fsp3) is 0.286. The normalized spacial score (nSPS) is 11.7. The lowest BCUT2D eigenvalue weighted by molar-refractivity contribution is -0.0240. The number of alkyl halides is 2. The molecule has 0 spiro atoms. The molecule has 20 heavy (non-hydrogen) atoms. The number of halogens is 3. The lowest BCUT2D eigenvalue weighted by Gasteiger charge is -2.20. The Balaban J connectivity index is 2.45. The second-order valence-electron chi connectivity index (χ2n) is 4.54. The van der Waals surface area contributed by atoms with Crippen molar-refractivity contribution in [2.75, 3.05) is 0 Å². The molecule has 0 amide bonds. The second-order valence-corrected chi connectivity index (χ2v) is 5.33. The van der Waals surface area contributed by atoms with Crippen LogP contribution in [0.4, 0.5) is 8.78 Å². The maximum absolute atomic E-state index is 14.2. The van der Waals surface area contributed by atoms with E-state index in [1.165, 1.54) is 12.1 Å². The highest BCUT2D eigenvalue weighted by Gasteiger charge is 2.33. The van der Waals surface area contributed by atoms with Gasteiger partial charge in [-0.3, -0.25) is 4.57 Å². The van der Waals surface area contributed by atoms with Crippen LogP contribution < -0.4 is 5.69 Å². The Morgan fingerprint density at radius 2 is 1.85 bits per heavy atom. The zero-order valence-corrected chi connectivity index (χ0v) is 12.6. The molecule has 0 fully saturated rings. The molecular formula is C14H13BrF2N2O. The highest BCUT2D eigenvalue weighted by Crippen LogP contribution is 2.30. The third kappa shape index (κ3) is 2.80. The first-order valence-corrected chi connectivity index (χ1v) is 6.79. The van der Waals surface area contributed by atoms with E-state index >= 15 is 0 Å². The van der Waals surface area contributed by atoms with Crippen LogP contribution in [0.5, 0.6) is 0 Å². The first-order chi connectivity index (χ1) is 9.33. The molecule has 1 heterocycles. The molecule has 0 N–H and O–H groups in total. The van der Waals surface area contributed by atoms with E-state index in [0.29, 0.717) is 15.9 Å². The molecule has 0 bridgehead atoms. The molecule has 0 aliphatic rings. The largest absolute Gasteiger partial charge is 0.348 e. The summed E-state index contributed by atoms with van der Waals surface area (Å²) >= 11 is 3.26. The van der Waals surface area contributed by atoms with Crippen molar-refractivity contribution in [1.29, 1.82) is 0 Å². The Morgan fingerprint density at radius 1 is 1.25 bits per heavy atom. The number of rotatable bonds is 3. The van der Waals surface area contributed by atoms with Crippen molar-refractivity contribution >= 4 is 15.9 Å². The van der Waals surface area contributed by atoms with Crippen LogP contribution in [0.2, 0.25) is 0 Å². The smallest absolute Gasteiger partial charge is 0.289 e. The number of hydrogen-bond acceptors (Lipinski definition) is 2. The fourth-order valence-electron chi connectivity index (χ4n) is 1.93. The van der Waals surface area contributed by atoms with Crippen molar-refractivity contribution < 1.29 is 8.78 Å². The minimum atomic E-state index is -3.13. The number of benzene rings is 1. The molecule has 0 aliphatic carbocycles. The predicted molar refractivity (Wildman–Crippen MR) is 76.0 cm³/mol. The van der Waals surface area contributed by atoms with Crippen LogP contribution in [0, 0.1) is 13.8 Å². The van der Waals surface area contributed by atoms with Gasteiger partial charge in [0.15, 0.2) is 0 Å². The van der Waals surface area contributed by atoms with E-state index < -0.39 is 18.2 Å². The van der Waals surface area contributed by atoms with Crippen molar-refractivity contribution in [3.8, 4) is 0 Å². The number of nitrogens with zero attached hydrogens (tertiary/aromatic N) is 2. The quantitative estimate of drug-likeness (QED) is 0.856. The average Bonchev–Trinajstić information content (AvgIpc) is 2.42. The van der Waals surface area contributed by atoms with E-state index in [9.17, 15) is 13.6 Å². The molecule has 0 atom stereocenters. The van der Waals surface area contributed by atoms with Gasteiger partial charge in [0.1, 0.15) is 0 Å². The van der Waals surface area contributed by atoms with Gasteiger partial charge in [-0.1, -0.05) is 30.3 Å². The Bertz CT molecular complexity index is 684. The number of hydrogen-bond donors (Lipinski definition) is 0. The zero-order chi connectivity index (χ0) is 14.9. The third-order valence-corrected chi connectivity index (χ3v) is 4.23. The van der Waals surface area contributed by atoms with Crippen LogP contribution in [0.1, 0.15) is 17.0 Å². The van der Waals surface area contributed by atoms with Gasteiger partial charge in [-0.2, -0.15) is 13.8 Å². The van der Waals surface area contributed by atoms with Gasteiger partial charge in [0.05, 0.1) is 16.7 Å². The maximum Gasteiger partial charge on any atom is 0.348 e. The van der Waals surface area contributed by atoms with Crippen molar-refractivity contribution in [1.82, 2.24) is 9.55 Å². The van der Waals surface area contributed by atoms with E-state index in [1.54, 1.807) is 32.0 Å². The molecule has 1 aromatic heterocycles. The lowest BCUT2D eigenvalue weighted by Crippen LogP contribution is -2.33. The van der Waals surface area contributed by atoms with E-state index in [4.69, 9.17) is 0 Å². The summed E-state index contributed by atoms with van der Waals surface area (Å²) in [6, 6.07) is 7.44. The van der Waals surface area contributed by atoms with Gasteiger partial charge >= 0.3 is 5.69 Å². The summed E-state index contributed by atoms with van der Waals surface area (Å²) in [5.74, 6) is -3.13. The van der Waals surface area contributed by atoms with Gasteiger partial charge in [-0.25, -0.2) is 4.79 Å². The predicted octanol–water partition coefficient (Wildman–Crippen LogP) is 3.41. The van der Waals surface area contributed by atoms with E-state index in [1.807, 2.05) is 0 Å². The summed E-state index contributed by atoms with van der Waals surface area (Å²) < 4.78 is 30.0. The molecule has 0 aliphatic heterocycles. The molecule has 6 heteroatoms. The maximum atomic E-state index is 14.2. The van der Waals surface area contributed by atoms with Crippen LogP contribution in [-0.4, -0.2) is 9.55 Å². The lowest BCUT2D eigenvalue weighted by atomic mass is 10.1. The Hall–Kier alpha value is -1.56. The van der Waals surface area contributed by atoms with E-state index in [2.05, 4.69) is 20.9 Å². The highest BCUT2D eigenvalue weighted by molar-refractivity contribution is 9.10. The monoisotopic (exact) mass is 342 g/mol. The summed E-state index contributed by atoms with van der Waals surface area (Å²) in [4.78, 5) is 15.6. The molecule has 0 radical (unpaired) electrons. The standard InChI is InChI=1S/C14H13BrF2N2O/c1-9-12(15)10(2)19(13(20)18-9)8-14(16,17)11-6-4-3-5-7-11/h3-7H,8H2,1-2H3. The van der Waals surface area contributed by atoms with Gasteiger partial charge in [-0.05, 0) is 29.8 Å². The van der Waals surface area contributed by atoms with Crippen LogP contribution in [0.15, 0.2) is 39.6 Å². The van der Waals surface area contributed by atoms with Crippen molar-refractivity contribution in [3.63, 3.8) is 0 Å². The second kappa shape index (κ2) is 5.44. The molecule has 0 saturated heterocycles. The highest BCUT2D eigenvalue weighted by atomic mass is 79.9. The van der Waals surface area contributed by atoms with Crippen LogP contribution >= 0.6 is 15.9 Å². The average molecular weight is 343 g/mol. The number of aromatic nitrogens is 2. The van der Waals surface area contributed by atoms with Crippen molar-refractivity contribution in [2.45, 2.75) is 26.3 Å². The SMILES string of the molecule is Cc1nc(=O)n(CC(F)(F)c2ccccc2)c(C)c1Br. The summed E-state index contributed by atoms with van der Waals surface area (Å²) in [5, 5.41) is 0. The minimum Gasteiger partial charge on any atom is -0.289 e. The number of aryl methyl sites for hydroxylation is 1. The van der Waals surface area contributed by atoms with Gasteiger partial charge in [0.2, 0.25) is 0 Å². The molecule has 0 unspecified atom stereocenters. The Labute approximate surface area is 123 Å². The molecule has 3 nitrogen and oxygen atoms in total. The first kappa shape index (κ1) is 14.8. The summed E-state index contributed by atoms with van der Waals surface area (Å²) in [7, 11) is 0. The Morgan fingerprint density at radius 3 is 2.45 bits per heavy atom. The summed E-state index contributed by atoms with van der Waals surface area (Å²) in [6.45, 7) is 2.53. The Kier molecular flexibility index (Phi) is 4.04. The molecule has 106 valence electrons. The van der Waals surface area contributed by atoms with Crippen LogP contribution in [0.3, 0.4) is 0 Å². The fourth-order valence-corrected chi connectivity index (χ4v) is 2.24. The van der Waals surface area contributed by atoms with E-state index in [0.717, 1.165) is 4.57 Å². The van der Waals surface area contributed by atoms with Crippen molar-refractivity contribution in [2.24, 2.45) is 0 Å². The molecular weight excluding hydrogens is 330 g/mol.